The number of likely N-dealkylation sites (N-methyl/N-ethyl adjacent to an activating group) is 1. The summed E-state index contributed by atoms with van der Waals surface area (Å²) in [6, 6.07) is -0.377. The van der Waals surface area contributed by atoms with Gasteiger partial charge in [0.1, 0.15) is 6.54 Å². The average molecular weight is 200 g/mol. The fraction of sp³-hybridized carbons (Fsp3) is 0.556. The van der Waals surface area contributed by atoms with Gasteiger partial charge in [0.25, 0.3) is 0 Å². The fourth-order valence-corrected chi connectivity index (χ4v) is 0.916. The first kappa shape index (κ1) is 12.5. The number of hydrogen-bond acceptors (Lipinski definition) is 2. The van der Waals surface area contributed by atoms with Gasteiger partial charge in [-0.05, 0) is 13.8 Å². The molecular formula is C9H16N2O3. The van der Waals surface area contributed by atoms with Gasteiger partial charge in [-0.1, -0.05) is 12.2 Å². The van der Waals surface area contributed by atoms with Gasteiger partial charge in [0.15, 0.2) is 0 Å². The van der Waals surface area contributed by atoms with Crippen LogP contribution in [0.15, 0.2) is 12.2 Å². The van der Waals surface area contributed by atoms with E-state index in [1.54, 1.807) is 0 Å². The molecule has 0 spiro atoms. The van der Waals surface area contributed by atoms with E-state index in [0.717, 1.165) is 5.57 Å². The predicted molar refractivity (Wildman–Crippen MR) is 53.1 cm³/mol. The van der Waals surface area contributed by atoms with Gasteiger partial charge in [-0.3, -0.25) is 4.79 Å². The molecule has 0 heterocycles. The Labute approximate surface area is 83.4 Å². The standard InChI is InChI=1S/C9H16N2O3/c1-4-11(6-7(2)3)9(14)10-5-8(12)13/h2,4-6H2,1,3H3,(H,10,14)(H,12,13). The van der Waals surface area contributed by atoms with Crippen molar-refractivity contribution < 1.29 is 14.7 Å². The molecule has 0 saturated carbocycles. The van der Waals surface area contributed by atoms with Gasteiger partial charge in [-0.15, -0.1) is 0 Å². The molecular weight excluding hydrogens is 184 g/mol. The molecule has 0 fully saturated rings. The molecule has 0 aliphatic rings. The van der Waals surface area contributed by atoms with Crippen molar-refractivity contribution in [2.24, 2.45) is 0 Å². The third-order valence-electron chi connectivity index (χ3n) is 1.52. The van der Waals surface area contributed by atoms with Gasteiger partial charge < -0.3 is 15.3 Å². The van der Waals surface area contributed by atoms with E-state index in [4.69, 9.17) is 5.11 Å². The SMILES string of the molecule is C=C(C)CN(CC)C(=O)NCC(=O)O. The monoisotopic (exact) mass is 200 g/mol. The summed E-state index contributed by atoms with van der Waals surface area (Å²) in [5.74, 6) is -1.05. The Bertz CT molecular complexity index is 238. The van der Waals surface area contributed by atoms with Gasteiger partial charge in [-0.2, -0.15) is 0 Å². The predicted octanol–water partition coefficient (Wildman–Crippen LogP) is 0.679. The summed E-state index contributed by atoms with van der Waals surface area (Å²) in [5.41, 5.74) is 0.859. The van der Waals surface area contributed by atoms with Crippen molar-refractivity contribution >= 4 is 12.0 Å². The van der Waals surface area contributed by atoms with Crippen LogP contribution in [0.25, 0.3) is 0 Å². The zero-order valence-electron chi connectivity index (χ0n) is 8.54. The first-order valence-corrected chi connectivity index (χ1v) is 4.36. The molecule has 0 aliphatic heterocycles. The summed E-state index contributed by atoms with van der Waals surface area (Å²) in [7, 11) is 0. The minimum absolute atomic E-state index is 0.356. The molecule has 0 saturated heterocycles. The van der Waals surface area contributed by atoms with E-state index in [0.29, 0.717) is 13.1 Å². The van der Waals surface area contributed by atoms with Crippen LogP contribution in [0.3, 0.4) is 0 Å². The summed E-state index contributed by atoms with van der Waals surface area (Å²) in [5, 5.41) is 10.6. The van der Waals surface area contributed by atoms with E-state index in [-0.39, 0.29) is 12.6 Å². The maximum atomic E-state index is 11.3. The Hall–Kier alpha value is -1.52. The number of carboxylic acids is 1. The van der Waals surface area contributed by atoms with Gasteiger partial charge in [-0.25, -0.2) is 4.79 Å². The highest BCUT2D eigenvalue weighted by Gasteiger charge is 2.11. The van der Waals surface area contributed by atoms with Crippen molar-refractivity contribution in [1.82, 2.24) is 10.2 Å². The maximum absolute atomic E-state index is 11.3. The highest BCUT2D eigenvalue weighted by molar-refractivity contribution is 5.80. The molecule has 0 aliphatic carbocycles. The first-order valence-electron chi connectivity index (χ1n) is 4.36. The quantitative estimate of drug-likeness (QED) is 0.641. The van der Waals surface area contributed by atoms with Crippen LogP contribution in [0.4, 0.5) is 4.79 Å². The topological polar surface area (TPSA) is 69.6 Å². The third-order valence-corrected chi connectivity index (χ3v) is 1.52. The average Bonchev–Trinajstić information content (AvgIpc) is 2.09. The Balaban J connectivity index is 4.04. The van der Waals surface area contributed by atoms with Crippen LogP contribution in [0.1, 0.15) is 13.8 Å². The van der Waals surface area contributed by atoms with E-state index in [1.807, 2.05) is 13.8 Å². The molecule has 2 amide bonds. The molecule has 80 valence electrons. The van der Waals surface area contributed by atoms with Gasteiger partial charge in [0.2, 0.25) is 0 Å². The molecule has 0 aromatic heterocycles. The van der Waals surface area contributed by atoms with Gasteiger partial charge in [0.05, 0.1) is 0 Å². The number of nitrogens with zero attached hydrogens (tertiary/aromatic N) is 1. The summed E-state index contributed by atoms with van der Waals surface area (Å²) in [6.07, 6.45) is 0. The summed E-state index contributed by atoms with van der Waals surface area (Å²) in [6.45, 7) is 7.93. The zero-order chi connectivity index (χ0) is 11.1. The lowest BCUT2D eigenvalue weighted by molar-refractivity contribution is -0.135. The van der Waals surface area contributed by atoms with E-state index in [2.05, 4.69) is 11.9 Å². The number of rotatable bonds is 5. The highest BCUT2D eigenvalue weighted by Crippen LogP contribution is 1.95. The van der Waals surface area contributed by atoms with Crippen LogP contribution in [0.2, 0.25) is 0 Å². The van der Waals surface area contributed by atoms with Crippen molar-refractivity contribution in [1.29, 1.82) is 0 Å². The number of urea groups is 1. The van der Waals surface area contributed by atoms with Crippen LogP contribution in [0, 0.1) is 0 Å². The lowest BCUT2D eigenvalue weighted by atomic mass is 10.3. The molecule has 0 radical (unpaired) electrons. The van der Waals surface area contributed by atoms with Crippen LogP contribution in [-0.4, -0.2) is 41.6 Å². The van der Waals surface area contributed by atoms with Crippen molar-refractivity contribution in [3.8, 4) is 0 Å². The largest absolute Gasteiger partial charge is 0.480 e. The molecule has 0 aromatic rings. The molecule has 0 atom stereocenters. The second-order valence-corrected chi connectivity index (χ2v) is 3.02. The lowest BCUT2D eigenvalue weighted by Gasteiger charge is -2.20. The minimum atomic E-state index is -1.05. The molecule has 0 rings (SSSR count). The molecule has 5 nitrogen and oxygen atoms in total. The molecule has 5 heteroatoms. The number of carbonyl (C=O) groups excluding carboxylic acids is 1. The number of carbonyl (C=O) groups is 2. The Kier molecular flexibility index (Phi) is 5.36. The number of carboxylic acid groups (broad SMARTS) is 1. The highest BCUT2D eigenvalue weighted by atomic mass is 16.4. The minimum Gasteiger partial charge on any atom is -0.480 e. The molecule has 2 N–H and O–H groups in total. The van der Waals surface area contributed by atoms with Crippen molar-refractivity contribution in [2.75, 3.05) is 19.6 Å². The Morgan fingerprint density at radius 1 is 1.50 bits per heavy atom. The van der Waals surface area contributed by atoms with Crippen molar-refractivity contribution in [3.63, 3.8) is 0 Å². The van der Waals surface area contributed by atoms with Crippen molar-refractivity contribution in [2.45, 2.75) is 13.8 Å². The first-order chi connectivity index (χ1) is 6.47. The summed E-state index contributed by atoms with van der Waals surface area (Å²) >= 11 is 0. The zero-order valence-corrected chi connectivity index (χ0v) is 8.54. The lowest BCUT2D eigenvalue weighted by Crippen LogP contribution is -2.42. The third kappa shape index (κ3) is 5.18. The normalized spacial score (nSPS) is 9.29. The van der Waals surface area contributed by atoms with E-state index in [1.165, 1.54) is 4.90 Å². The van der Waals surface area contributed by atoms with Gasteiger partial charge in [0, 0.05) is 13.1 Å². The van der Waals surface area contributed by atoms with E-state index < -0.39 is 5.97 Å². The fourth-order valence-electron chi connectivity index (χ4n) is 0.916. The van der Waals surface area contributed by atoms with Crippen LogP contribution in [0.5, 0.6) is 0 Å². The second kappa shape index (κ2) is 6.01. The number of nitrogens with one attached hydrogen (secondary N) is 1. The molecule has 0 aromatic carbocycles. The molecule has 0 bridgehead atoms. The Morgan fingerprint density at radius 3 is 2.43 bits per heavy atom. The number of amides is 2. The van der Waals surface area contributed by atoms with Crippen LogP contribution >= 0.6 is 0 Å². The van der Waals surface area contributed by atoms with Gasteiger partial charge >= 0.3 is 12.0 Å². The van der Waals surface area contributed by atoms with Crippen LogP contribution < -0.4 is 5.32 Å². The number of hydrogen-bond donors (Lipinski definition) is 2. The summed E-state index contributed by atoms with van der Waals surface area (Å²) < 4.78 is 0. The smallest absolute Gasteiger partial charge is 0.323 e. The Morgan fingerprint density at radius 2 is 2.07 bits per heavy atom. The maximum Gasteiger partial charge on any atom is 0.323 e. The number of aliphatic carboxylic acids is 1. The van der Waals surface area contributed by atoms with E-state index in [9.17, 15) is 9.59 Å². The summed E-state index contributed by atoms with van der Waals surface area (Å²) in [4.78, 5) is 23.0. The van der Waals surface area contributed by atoms with Crippen LogP contribution in [-0.2, 0) is 4.79 Å². The van der Waals surface area contributed by atoms with Crippen molar-refractivity contribution in [3.05, 3.63) is 12.2 Å². The molecule has 14 heavy (non-hydrogen) atoms. The van der Waals surface area contributed by atoms with E-state index >= 15 is 0 Å². The molecule has 0 unspecified atom stereocenters. The second-order valence-electron chi connectivity index (χ2n) is 3.02.